The Balaban J connectivity index is 3.51. The molecule has 0 unspecified atom stereocenters. The Morgan fingerprint density at radius 2 is 1.64 bits per heavy atom. The summed E-state index contributed by atoms with van der Waals surface area (Å²) in [5.41, 5.74) is 0. The van der Waals surface area contributed by atoms with E-state index in [4.69, 9.17) is 8.85 Å². The van der Waals surface area contributed by atoms with Crippen LogP contribution in [0.1, 0.15) is 26.2 Å². The highest BCUT2D eigenvalue weighted by Crippen LogP contribution is 2.15. The fourth-order valence-corrected chi connectivity index (χ4v) is 2.45. The third-order valence-corrected chi connectivity index (χ3v) is 5.09. The second kappa shape index (κ2) is 5.74. The number of hydrogen-bond donors (Lipinski definition) is 0. The van der Waals surface area contributed by atoms with Crippen LogP contribution in [0.4, 0.5) is 0 Å². The van der Waals surface area contributed by atoms with Gasteiger partial charge in [0.05, 0.1) is 0 Å². The fourth-order valence-electron chi connectivity index (χ4n) is 0.984. The van der Waals surface area contributed by atoms with E-state index in [0.29, 0.717) is 0 Å². The summed E-state index contributed by atoms with van der Waals surface area (Å²) in [5, 5.41) is 0. The quantitative estimate of drug-likeness (QED) is 0.457. The zero-order chi connectivity index (χ0) is 8.74. The molecule has 0 heterocycles. The SMILES string of the molecule is CCCCC[Si](C)(OC)OC. The van der Waals surface area contributed by atoms with Crippen molar-refractivity contribution in [3.63, 3.8) is 0 Å². The van der Waals surface area contributed by atoms with Gasteiger partial charge >= 0.3 is 8.56 Å². The van der Waals surface area contributed by atoms with Crippen molar-refractivity contribution in [2.75, 3.05) is 14.2 Å². The van der Waals surface area contributed by atoms with E-state index in [9.17, 15) is 0 Å². The zero-order valence-electron chi connectivity index (χ0n) is 8.14. The number of unbranched alkanes of at least 4 members (excludes halogenated alkanes) is 2. The highest BCUT2D eigenvalue weighted by Gasteiger charge is 2.27. The lowest BCUT2D eigenvalue weighted by atomic mass is 10.3. The molecular weight excluding hydrogens is 156 g/mol. The Kier molecular flexibility index (Phi) is 5.82. The van der Waals surface area contributed by atoms with Gasteiger partial charge in [-0.05, 0) is 12.6 Å². The average molecular weight is 176 g/mol. The minimum atomic E-state index is -1.73. The van der Waals surface area contributed by atoms with Gasteiger partial charge < -0.3 is 8.85 Å². The van der Waals surface area contributed by atoms with Gasteiger partial charge in [-0.15, -0.1) is 0 Å². The molecule has 0 aliphatic carbocycles. The molecule has 0 radical (unpaired) electrons. The van der Waals surface area contributed by atoms with Crippen LogP contribution >= 0.6 is 0 Å². The first-order valence-corrected chi connectivity index (χ1v) is 6.81. The van der Waals surface area contributed by atoms with E-state index in [1.54, 1.807) is 14.2 Å². The molecule has 0 N–H and O–H groups in total. The van der Waals surface area contributed by atoms with Crippen molar-refractivity contribution >= 4 is 8.56 Å². The first kappa shape index (κ1) is 11.1. The van der Waals surface area contributed by atoms with E-state index >= 15 is 0 Å². The molecule has 0 bridgehead atoms. The van der Waals surface area contributed by atoms with Crippen LogP contribution in [0.5, 0.6) is 0 Å². The van der Waals surface area contributed by atoms with E-state index in [2.05, 4.69) is 13.5 Å². The molecule has 0 aliphatic rings. The molecule has 11 heavy (non-hydrogen) atoms. The van der Waals surface area contributed by atoms with E-state index < -0.39 is 8.56 Å². The summed E-state index contributed by atoms with van der Waals surface area (Å²) < 4.78 is 10.7. The fraction of sp³-hybridized carbons (Fsp3) is 1.00. The van der Waals surface area contributed by atoms with Gasteiger partial charge in [0, 0.05) is 14.2 Å². The van der Waals surface area contributed by atoms with Crippen molar-refractivity contribution in [1.29, 1.82) is 0 Å². The second-order valence-corrected chi connectivity index (χ2v) is 6.58. The van der Waals surface area contributed by atoms with Gasteiger partial charge in [0.1, 0.15) is 0 Å². The van der Waals surface area contributed by atoms with Gasteiger partial charge in [0.2, 0.25) is 0 Å². The molecule has 0 spiro atoms. The van der Waals surface area contributed by atoms with Gasteiger partial charge in [-0.2, -0.15) is 0 Å². The van der Waals surface area contributed by atoms with Crippen molar-refractivity contribution < 1.29 is 8.85 Å². The molecule has 0 aromatic heterocycles. The molecule has 3 heteroatoms. The molecule has 0 amide bonds. The molecule has 0 atom stereocenters. The first-order valence-electron chi connectivity index (χ1n) is 4.29. The molecular formula is C8H20O2Si. The summed E-state index contributed by atoms with van der Waals surface area (Å²) >= 11 is 0. The predicted octanol–water partition coefficient (Wildman–Crippen LogP) is 2.54. The molecule has 0 fully saturated rings. The summed E-state index contributed by atoms with van der Waals surface area (Å²) in [7, 11) is 1.77. The van der Waals surface area contributed by atoms with Crippen LogP contribution in [0.25, 0.3) is 0 Å². The van der Waals surface area contributed by atoms with E-state index in [-0.39, 0.29) is 0 Å². The lowest BCUT2D eigenvalue weighted by Gasteiger charge is -2.22. The smallest absolute Gasteiger partial charge is 0.334 e. The van der Waals surface area contributed by atoms with Crippen LogP contribution in [-0.2, 0) is 8.85 Å². The van der Waals surface area contributed by atoms with Gasteiger partial charge in [0.15, 0.2) is 0 Å². The number of hydrogen-bond acceptors (Lipinski definition) is 2. The maximum atomic E-state index is 5.35. The minimum absolute atomic E-state index is 1.12. The largest absolute Gasteiger partial charge is 0.398 e. The second-order valence-electron chi connectivity index (χ2n) is 3.00. The molecule has 0 aromatic rings. The van der Waals surface area contributed by atoms with Crippen molar-refractivity contribution in [3.05, 3.63) is 0 Å². The van der Waals surface area contributed by atoms with Crippen LogP contribution in [0.3, 0.4) is 0 Å². The summed E-state index contributed by atoms with van der Waals surface area (Å²) in [5.74, 6) is 0. The first-order chi connectivity index (χ1) is 5.18. The molecule has 68 valence electrons. The van der Waals surface area contributed by atoms with Gasteiger partial charge in [-0.3, -0.25) is 0 Å². The van der Waals surface area contributed by atoms with Crippen LogP contribution in [0.15, 0.2) is 0 Å². The lowest BCUT2D eigenvalue weighted by Crippen LogP contribution is -2.35. The van der Waals surface area contributed by atoms with Crippen LogP contribution in [0.2, 0.25) is 12.6 Å². The van der Waals surface area contributed by atoms with E-state index in [1.165, 1.54) is 19.3 Å². The van der Waals surface area contributed by atoms with Gasteiger partial charge in [-0.1, -0.05) is 26.2 Å². The Morgan fingerprint density at radius 1 is 1.09 bits per heavy atom. The monoisotopic (exact) mass is 176 g/mol. The Bertz CT molecular complexity index is 92.1. The van der Waals surface area contributed by atoms with Gasteiger partial charge in [0.25, 0.3) is 0 Å². The van der Waals surface area contributed by atoms with Crippen LogP contribution in [-0.4, -0.2) is 22.8 Å². The van der Waals surface area contributed by atoms with Crippen molar-refractivity contribution in [3.8, 4) is 0 Å². The molecule has 0 aliphatic heterocycles. The normalized spacial score (nSPS) is 12.0. The highest BCUT2D eigenvalue weighted by atomic mass is 28.4. The summed E-state index contributed by atoms with van der Waals surface area (Å²) in [6.07, 6.45) is 3.79. The molecule has 0 aromatic carbocycles. The molecule has 0 saturated carbocycles. The van der Waals surface area contributed by atoms with E-state index in [0.717, 1.165) is 6.04 Å². The molecule has 2 nitrogen and oxygen atoms in total. The third-order valence-electron chi connectivity index (χ3n) is 2.10. The summed E-state index contributed by atoms with van der Waals surface area (Å²) in [6.45, 7) is 4.32. The highest BCUT2D eigenvalue weighted by molar-refractivity contribution is 6.65. The topological polar surface area (TPSA) is 18.5 Å². The Hall–Kier alpha value is 0.137. The predicted molar refractivity (Wildman–Crippen MR) is 50.0 cm³/mol. The average Bonchev–Trinajstić information content (AvgIpc) is 2.05. The van der Waals surface area contributed by atoms with Crippen LogP contribution in [0, 0.1) is 0 Å². The maximum absolute atomic E-state index is 5.35. The van der Waals surface area contributed by atoms with E-state index in [1.807, 2.05) is 0 Å². The van der Waals surface area contributed by atoms with Crippen molar-refractivity contribution in [2.24, 2.45) is 0 Å². The zero-order valence-corrected chi connectivity index (χ0v) is 9.14. The number of rotatable bonds is 6. The summed E-state index contributed by atoms with van der Waals surface area (Å²) in [4.78, 5) is 0. The minimum Gasteiger partial charge on any atom is -0.398 e. The third kappa shape index (κ3) is 4.56. The molecule has 0 saturated heterocycles. The lowest BCUT2D eigenvalue weighted by molar-refractivity contribution is 0.248. The summed E-state index contributed by atoms with van der Waals surface area (Å²) in [6, 6.07) is 1.12. The van der Waals surface area contributed by atoms with Crippen molar-refractivity contribution in [1.82, 2.24) is 0 Å². The maximum Gasteiger partial charge on any atom is 0.334 e. The molecule has 0 rings (SSSR count). The Labute approximate surface area is 71.1 Å². The van der Waals surface area contributed by atoms with Crippen molar-refractivity contribution in [2.45, 2.75) is 38.8 Å². The van der Waals surface area contributed by atoms with Gasteiger partial charge in [-0.25, -0.2) is 0 Å². The Morgan fingerprint density at radius 3 is 2.00 bits per heavy atom. The van der Waals surface area contributed by atoms with Crippen LogP contribution < -0.4 is 0 Å². The standard InChI is InChI=1S/C8H20O2Si/c1-5-6-7-8-11(4,9-2)10-3/h5-8H2,1-4H3.